The molecular formula is C22H30N2O5+2. The van der Waals surface area contributed by atoms with Crippen molar-refractivity contribution in [2.45, 2.75) is 46.2 Å². The highest BCUT2D eigenvalue weighted by atomic mass is 16.7. The van der Waals surface area contributed by atoms with E-state index in [0.29, 0.717) is 39.0 Å². The van der Waals surface area contributed by atoms with E-state index in [1.54, 1.807) is 0 Å². The number of hydrogen-bond acceptors (Lipinski definition) is 5. The fourth-order valence-corrected chi connectivity index (χ4v) is 2.48. The van der Waals surface area contributed by atoms with Gasteiger partial charge >= 0.3 is 12.1 Å². The van der Waals surface area contributed by atoms with E-state index in [0.717, 1.165) is 0 Å². The molecule has 2 aromatic heterocycles. The molecule has 0 N–H and O–H groups in total. The molecule has 0 fully saturated rings. The van der Waals surface area contributed by atoms with Crippen molar-refractivity contribution in [1.82, 2.24) is 0 Å². The average Bonchev–Trinajstić information content (AvgIpc) is 2.71. The fourth-order valence-electron chi connectivity index (χ4n) is 2.48. The van der Waals surface area contributed by atoms with Crippen LogP contribution in [0.1, 0.15) is 30.4 Å². The van der Waals surface area contributed by atoms with E-state index in [1.165, 1.54) is 11.1 Å². The second-order valence-electron chi connectivity index (χ2n) is 6.85. The van der Waals surface area contributed by atoms with Gasteiger partial charge in [0.25, 0.3) is 0 Å². The Morgan fingerprint density at radius 1 is 0.724 bits per heavy atom. The molecule has 0 unspecified atom stereocenters. The number of aryl methyl sites for hydroxylation is 3. The van der Waals surface area contributed by atoms with Crippen LogP contribution in [-0.2, 0) is 32.1 Å². The Morgan fingerprint density at radius 3 is 1.79 bits per heavy atom. The van der Waals surface area contributed by atoms with Gasteiger partial charge in [-0.25, -0.2) is 13.9 Å². The van der Waals surface area contributed by atoms with E-state index in [2.05, 4.69) is 0 Å². The molecular weight excluding hydrogens is 372 g/mol. The number of aromatic nitrogens is 2. The van der Waals surface area contributed by atoms with Gasteiger partial charge in [0, 0.05) is 24.3 Å². The van der Waals surface area contributed by atoms with Crippen molar-refractivity contribution >= 4 is 12.1 Å². The second kappa shape index (κ2) is 12.5. The van der Waals surface area contributed by atoms with E-state index < -0.39 is 6.16 Å². The van der Waals surface area contributed by atoms with Crippen LogP contribution in [0.2, 0.25) is 0 Å². The monoisotopic (exact) mass is 402 g/mol. The van der Waals surface area contributed by atoms with Gasteiger partial charge in [0.05, 0.1) is 13.2 Å². The summed E-state index contributed by atoms with van der Waals surface area (Å²) in [5, 5.41) is 0. The molecule has 0 spiro atoms. The van der Waals surface area contributed by atoms with Gasteiger partial charge in [-0.05, 0) is 37.8 Å². The molecule has 7 heteroatoms. The Labute approximate surface area is 171 Å². The maximum atomic E-state index is 11.7. The molecule has 0 bridgehead atoms. The first-order chi connectivity index (χ1) is 14.0. The van der Waals surface area contributed by atoms with Gasteiger partial charge in [-0.1, -0.05) is 0 Å². The summed E-state index contributed by atoms with van der Waals surface area (Å²) in [6, 6.07) is 7.98. The minimum atomic E-state index is -0.676. The lowest BCUT2D eigenvalue weighted by Gasteiger charge is -2.06. The molecule has 2 rings (SSSR count). The number of carbonyl (C=O) groups is 2. The molecule has 0 saturated carbocycles. The molecule has 0 aromatic carbocycles. The standard InChI is InChI=1S/C22H30N2O5/c1-19-5-10-23(11-6-19)14-9-21(25)27-16-3-4-17-28-22(26)29-18-15-24-12-7-20(2)8-13-24/h5-8,10-13H,3-4,9,14-18H2,1-2H3/q+2. The van der Waals surface area contributed by atoms with Crippen LogP contribution in [0.25, 0.3) is 0 Å². The Morgan fingerprint density at radius 2 is 1.21 bits per heavy atom. The van der Waals surface area contributed by atoms with Gasteiger partial charge in [-0.3, -0.25) is 4.79 Å². The van der Waals surface area contributed by atoms with Gasteiger partial charge in [-0.15, -0.1) is 0 Å². The van der Waals surface area contributed by atoms with Crippen LogP contribution < -0.4 is 9.13 Å². The quantitative estimate of drug-likeness (QED) is 0.328. The normalized spacial score (nSPS) is 10.4. The highest BCUT2D eigenvalue weighted by Gasteiger charge is 2.09. The molecule has 0 radical (unpaired) electrons. The topological polar surface area (TPSA) is 69.6 Å². The van der Waals surface area contributed by atoms with E-state index in [-0.39, 0.29) is 19.2 Å². The number of esters is 1. The first kappa shape index (κ1) is 22.3. The molecule has 29 heavy (non-hydrogen) atoms. The molecule has 0 aliphatic heterocycles. The highest BCUT2D eigenvalue weighted by Crippen LogP contribution is 1.97. The lowest BCUT2D eigenvalue weighted by Crippen LogP contribution is -2.35. The Bertz CT molecular complexity index is 760. The second-order valence-corrected chi connectivity index (χ2v) is 6.85. The van der Waals surface area contributed by atoms with Gasteiger partial charge in [-0.2, -0.15) is 0 Å². The number of rotatable bonds is 11. The van der Waals surface area contributed by atoms with Crippen LogP contribution in [0.3, 0.4) is 0 Å². The molecule has 156 valence electrons. The largest absolute Gasteiger partial charge is 0.508 e. The fraction of sp³-hybridized carbons (Fsp3) is 0.455. The SMILES string of the molecule is Cc1cc[n+](CCOC(=O)OCCCCOC(=O)CC[n+]2ccc(C)cc2)cc1. The maximum absolute atomic E-state index is 11.7. The molecule has 2 heterocycles. The third-order valence-corrected chi connectivity index (χ3v) is 4.28. The van der Waals surface area contributed by atoms with Gasteiger partial charge in [0.15, 0.2) is 44.5 Å². The Hall–Kier alpha value is -2.96. The number of pyridine rings is 2. The van der Waals surface area contributed by atoms with Crippen molar-refractivity contribution in [3.63, 3.8) is 0 Å². The molecule has 0 atom stereocenters. The number of hydrogen-bond donors (Lipinski definition) is 0. The lowest BCUT2D eigenvalue weighted by molar-refractivity contribution is -0.698. The van der Waals surface area contributed by atoms with Gasteiger partial charge < -0.3 is 14.2 Å². The predicted molar refractivity (Wildman–Crippen MR) is 105 cm³/mol. The molecule has 0 saturated heterocycles. The zero-order valence-electron chi connectivity index (χ0n) is 17.2. The Balaban J connectivity index is 1.44. The number of unbranched alkanes of at least 4 members (excludes halogenated alkanes) is 1. The molecule has 7 nitrogen and oxygen atoms in total. The summed E-state index contributed by atoms with van der Waals surface area (Å²) >= 11 is 0. The first-order valence-corrected chi connectivity index (χ1v) is 9.89. The van der Waals surface area contributed by atoms with E-state index in [9.17, 15) is 9.59 Å². The van der Waals surface area contributed by atoms with Crippen molar-refractivity contribution in [3.8, 4) is 0 Å². The predicted octanol–water partition coefficient (Wildman–Crippen LogP) is 2.45. The van der Waals surface area contributed by atoms with Crippen LogP contribution in [0.5, 0.6) is 0 Å². The Kier molecular flexibility index (Phi) is 9.62. The zero-order chi connectivity index (χ0) is 20.9. The maximum Gasteiger partial charge on any atom is 0.508 e. The molecule has 2 aromatic rings. The minimum Gasteiger partial charge on any atom is -0.465 e. The van der Waals surface area contributed by atoms with Gasteiger partial charge in [0.1, 0.15) is 6.42 Å². The summed E-state index contributed by atoms with van der Waals surface area (Å²) in [4.78, 5) is 23.3. The summed E-state index contributed by atoms with van der Waals surface area (Å²) in [6.45, 7) is 6.02. The van der Waals surface area contributed by atoms with Gasteiger partial charge in [0.2, 0.25) is 0 Å². The summed E-state index contributed by atoms with van der Waals surface area (Å²) in [6.07, 6.45) is 8.66. The first-order valence-electron chi connectivity index (χ1n) is 9.89. The van der Waals surface area contributed by atoms with E-state index >= 15 is 0 Å². The third kappa shape index (κ3) is 9.69. The van der Waals surface area contributed by atoms with Crippen molar-refractivity contribution in [3.05, 3.63) is 60.2 Å². The third-order valence-electron chi connectivity index (χ3n) is 4.28. The zero-order valence-corrected chi connectivity index (χ0v) is 17.2. The van der Waals surface area contributed by atoms with Crippen LogP contribution in [0.15, 0.2) is 49.1 Å². The number of carbonyl (C=O) groups excluding carboxylic acids is 2. The van der Waals surface area contributed by atoms with Crippen molar-refractivity contribution in [2.24, 2.45) is 0 Å². The van der Waals surface area contributed by atoms with E-state index in [4.69, 9.17) is 14.2 Å². The number of nitrogens with zero attached hydrogens (tertiary/aromatic N) is 2. The van der Waals surface area contributed by atoms with Crippen LogP contribution in [-0.4, -0.2) is 31.9 Å². The van der Waals surface area contributed by atoms with Crippen molar-refractivity contribution < 1.29 is 32.9 Å². The molecule has 0 aliphatic rings. The smallest absolute Gasteiger partial charge is 0.465 e. The average molecular weight is 402 g/mol. The number of ether oxygens (including phenoxy) is 3. The van der Waals surface area contributed by atoms with E-state index in [1.807, 2.05) is 72.0 Å². The summed E-state index contributed by atoms with van der Waals surface area (Å²) in [5.41, 5.74) is 2.36. The van der Waals surface area contributed by atoms with Crippen molar-refractivity contribution in [2.75, 3.05) is 19.8 Å². The highest BCUT2D eigenvalue weighted by molar-refractivity contribution is 5.69. The summed E-state index contributed by atoms with van der Waals surface area (Å²) < 4.78 is 19.1. The molecule has 0 amide bonds. The lowest BCUT2D eigenvalue weighted by atomic mass is 10.3. The minimum absolute atomic E-state index is 0.230. The summed E-state index contributed by atoms with van der Waals surface area (Å²) in [7, 11) is 0. The van der Waals surface area contributed by atoms with Crippen LogP contribution in [0, 0.1) is 13.8 Å². The summed E-state index contributed by atoms with van der Waals surface area (Å²) in [5.74, 6) is -0.230. The van der Waals surface area contributed by atoms with Crippen molar-refractivity contribution in [1.29, 1.82) is 0 Å². The molecule has 0 aliphatic carbocycles. The van der Waals surface area contributed by atoms with Crippen LogP contribution in [0.4, 0.5) is 4.79 Å². The van der Waals surface area contributed by atoms with Crippen LogP contribution >= 0.6 is 0 Å².